The van der Waals surface area contributed by atoms with E-state index >= 15 is 0 Å². The van der Waals surface area contributed by atoms with Gasteiger partial charge in [0.25, 0.3) is 5.56 Å². The monoisotopic (exact) mass is 309 g/mol. The molecular weight excluding hydrogens is 294 g/mol. The van der Waals surface area contributed by atoms with Gasteiger partial charge in [-0.15, -0.1) is 0 Å². The van der Waals surface area contributed by atoms with Crippen LogP contribution >= 0.6 is 0 Å². The molecule has 0 radical (unpaired) electrons. The van der Waals surface area contributed by atoms with E-state index in [0.29, 0.717) is 0 Å². The minimum Gasteiger partial charge on any atom is -0.349 e. The molecule has 0 spiro atoms. The number of hydrogen-bond acceptors (Lipinski definition) is 6. The Labute approximate surface area is 124 Å². The number of hydrogen-bond donors (Lipinski definition) is 1. The summed E-state index contributed by atoms with van der Waals surface area (Å²) in [6, 6.07) is 1.22. The van der Waals surface area contributed by atoms with E-state index < -0.39 is 41.6 Å². The van der Waals surface area contributed by atoms with Crippen LogP contribution in [-0.2, 0) is 14.2 Å². The molecule has 0 aliphatic carbocycles. The molecule has 2 aliphatic heterocycles. The fraction of sp³-hybridized carbons (Fsp3) is 0.667. The van der Waals surface area contributed by atoms with E-state index in [1.165, 1.54) is 16.8 Å². The first kappa shape index (κ1) is 14.8. The number of nitrogens with one attached hydrogen (secondary N) is 1. The summed E-state index contributed by atoms with van der Waals surface area (Å²) in [4.78, 5) is 28.0. The van der Waals surface area contributed by atoms with Crippen LogP contribution in [-0.4, -0.2) is 40.2 Å². The van der Waals surface area contributed by atoms with E-state index in [1.807, 2.05) is 0 Å². The minimum absolute atomic E-state index is 0.0612. The summed E-state index contributed by atoms with van der Waals surface area (Å²) in [6.07, 6.45) is -0.976. The molecule has 4 atom stereocenters. The Morgan fingerprint density at radius 3 is 2.82 bits per heavy atom. The standard InChI is InChI=1S/C12H15N5O5/c1-12(2)21-8-6(5-14-16-13)20-10(9(8)22-12)17-4-3-7(18)15-11(17)19/h3-4,6,8-10H,5H2,1-2H3,(H,15,18,19)/t6-,8+,9+,10-/m1/s1. The lowest BCUT2D eigenvalue weighted by atomic mass is 10.1. The number of rotatable bonds is 3. The number of aromatic nitrogens is 2. The predicted octanol–water partition coefficient (Wildman–Crippen LogP) is 0.264. The second kappa shape index (κ2) is 5.25. The molecule has 3 rings (SSSR count). The Morgan fingerprint density at radius 1 is 1.41 bits per heavy atom. The van der Waals surface area contributed by atoms with Crippen LogP contribution in [0.3, 0.4) is 0 Å². The Bertz CT molecular complexity index is 734. The first-order chi connectivity index (χ1) is 10.4. The van der Waals surface area contributed by atoms with E-state index in [1.54, 1.807) is 13.8 Å². The summed E-state index contributed by atoms with van der Waals surface area (Å²) < 4.78 is 18.6. The van der Waals surface area contributed by atoms with Gasteiger partial charge in [0.2, 0.25) is 0 Å². The predicted molar refractivity (Wildman–Crippen MR) is 73.1 cm³/mol. The molecule has 1 aromatic heterocycles. The summed E-state index contributed by atoms with van der Waals surface area (Å²) in [5, 5.41) is 3.50. The van der Waals surface area contributed by atoms with E-state index in [9.17, 15) is 9.59 Å². The first-order valence-electron chi connectivity index (χ1n) is 6.75. The second-order valence-electron chi connectivity index (χ2n) is 5.56. The molecule has 0 unspecified atom stereocenters. The normalized spacial score (nSPS) is 32.5. The van der Waals surface area contributed by atoms with Crippen molar-refractivity contribution in [1.82, 2.24) is 9.55 Å². The molecule has 10 heteroatoms. The van der Waals surface area contributed by atoms with Gasteiger partial charge < -0.3 is 14.2 Å². The highest BCUT2D eigenvalue weighted by Gasteiger charge is 2.55. The highest BCUT2D eigenvalue weighted by atomic mass is 16.8. The zero-order chi connectivity index (χ0) is 15.9. The third-order valence-corrected chi connectivity index (χ3v) is 3.58. The van der Waals surface area contributed by atoms with Gasteiger partial charge in [-0.3, -0.25) is 14.3 Å². The Hall–Kier alpha value is -2.13. The van der Waals surface area contributed by atoms with Crippen molar-refractivity contribution in [3.8, 4) is 0 Å². The molecule has 0 amide bonds. The van der Waals surface area contributed by atoms with Crippen LogP contribution in [0.25, 0.3) is 10.4 Å². The maximum atomic E-state index is 11.9. The number of azide groups is 1. The molecule has 22 heavy (non-hydrogen) atoms. The molecule has 0 bridgehead atoms. The Kier molecular flexibility index (Phi) is 3.53. The van der Waals surface area contributed by atoms with Crippen molar-refractivity contribution < 1.29 is 14.2 Å². The third-order valence-electron chi connectivity index (χ3n) is 3.58. The maximum Gasteiger partial charge on any atom is 0.330 e. The van der Waals surface area contributed by atoms with Crippen molar-refractivity contribution in [2.45, 2.75) is 44.2 Å². The van der Waals surface area contributed by atoms with Gasteiger partial charge in [0, 0.05) is 17.2 Å². The molecule has 0 aromatic carbocycles. The Balaban J connectivity index is 1.96. The molecule has 118 valence electrons. The molecule has 1 aromatic rings. The van der Waals surface area contributed by atoms with E-state index in [0.717, 1.165) is 0 Å². The van der Waals surface area contributed by atoms with Crippen LogP contribution in [0.5, 0.6) is 0 Å². The summed E-state index contributed by atoms with van der Waals surface area (Å²) in [5.74, 6) is -0.836. The zero-order valence-corrected chi connectivity index (χ0v) is 12.0. The largest absolute Gasteiger partial charge is 0.349 e. The highest BCUT2D eigenvalue weighted by molar-refractivity contribution is 4.99. The smallest absolute Gasteiger partial charge is 0.330 e. The van der Waals surface area contributed by atoms with E-state index in [-0.39, 0.29) is 6.54 Å². The molecule has 2 saturated heterocycles. The van der Waals surface area contributed by atoms with Crippen molar-refractivity contribution in [3.63, 3.8) is 0 Å². The number of H-pyrrole nitrogens is 1. The van der Waals surface area contributed by atoms with Gasteiger partial charge in [0.1, 0.15) is 12.2 Å². The van der Waals surface area contributed by atoms with E-state index in [4.69, 9.17) is 19.7 Å². The average Bonchev–Trinajstić information content (AvgIpc) is 2.91. The average molecular weight is 309 g/mol. The van der Waals surface area contributed by atoms with Gasteiger partial charge >= 0.3 is 5.69 Å². The fourth-order valence-corrected chi connectivity index (χ4v) is 2.77. The fourth-order valence-electron chi connectivity index (χ4n) is 2.77. The number of ether oxygens (including phenoxy) is 3. The van der Waals surface area contributed by atoms with Gasteiger partial charge in [-0.2, -0.15) is 0 Å². The lowest BCUT2D eigenvalue weighted by Crippen LogP contribution is -2.37. The van der Waals surface area contributed by atoms with Gasteiger partial charge in [0.15, 0.2) is 12.0 Å². The summed E-state index contributed by atoms with van der Waals surface area (Å²) in [7, 11) is 0. The van der Waals surface area contributed by atoms with Crippen LogP contribution in [0.4, 0.5) is 0 Å². The zero-order valence-electron chi connectivity index (χ0n) is 12.0. The van der Waals surface area contributed by atoms with Crippen molar-refractivity contribution in [2.75, 3.05) is 6.54 Å². The van der Waals surface area contributed by atoms with Crippen molar-refractivity contribution in [3.05, 3.63) is 43.5 Å². The van der Waals surface area contributed by atoms with Crippen LogP contribution in [0, 0.1) is 0 Å². The number of nitrogens with zero attached hydrogens (tertiary/aromatic N) is 4. The van der Waals surface area contributed by atoms with Crippen molar-refractivity contribution in [1.29, 1.82) is 0 Å². The van der Waals surface area contributed by atoms with Gasteiger partial charge in [-0.05, 0) is 19.4 Å². The maximum absolute atomic E-state index is 11.9. The topological polar surface area (TPSA) is 131 Å². The van der Waals surface area contributed by atoms with Gasteiger partial charge in [-0.25, -0.2) is 4.79 Å². The highest BCUT2D eigenvalue weighted by Crippen LogP contribution is 2.42. The molecular formula is C12H15N5O5. The summed E-state index contributed by atoms with van der Waals surface area (Å²) >= 11 is 0. The van der Waals surface area contributed by atoms with Crippen LogP contribution in [0.15, 0.2) is 27.0 Å². The lowest BCUT2D eigenvalue weighted by Gasteiger charge is -2.24. The SMILES string of the molecule is CC1(C)O[C@@H]2[C@H](O1)[C@H](n1ccc(=O)[nH]c1=O)O[C@@H]2CN=[N+]=[N-]. The van der Waals surface area contributed by atoms with Crippen molar-refractivity contribution in [2.24, 2.45) is 5.11 Å². The lowest BCUT2D eigenvalue weighted by molar-refractivity contribution is -0.196. The summed E-state index contributed by atoms with van der Waals surface area (Å²) in [6.45, 7) is 3.57. The molecule has 0 saturated carbocycles. The third kappa shape index (κ3) is 2.53. The molecule has 1 N–H and O–H groups in total. The minimum atomic E-state index is -0.836. The van der Waals surface area contributed by atoms with Gasteiger partial charge in [-0.1, -0.05) is 5.11 Å². The van der Waals surface area contributed by atoms with Gasteiger partial charge in [0.05, 0.1) is 12.6 Å². The first-order valence-corrected chi connectivity index (χ1v) is 6.75. The Morgan fingerprint density at radius 2 is 2.14 bits per heavy atom. The molecule has 2 fully saturated rings. The van der Waals surface area contributed by atoms with E-state index in [2.05, 4.69) is 15.0 Å². The second-order valence-corrected chi connectivity index (χ2v) is 5.56. The number of aromatic amines is 1. The molecule has 3 heterocycles. The molecule has 2 aliphatic rings. The van der Waals surface area contributed by atoms with Crippen LogP contribution < -0.4 is 11.2 Å². The number of fused-ring (bicyclic) bond motifs is 1. The van der Waals surface area contributed by atoms with Crippen LogP contribution in [0.2, 0.25) is 0 Å². The molecule has 10 nitrogen and oxygen atoms in total. The van der Waals surface area contributed by atoms with Crippen LogP contribution in [0.1, 0.15) is 20.1 Å². The quantitative estimate of drug-likeness (QED) is 0.486. The summed E-state index contributed by atoms with van der Waals surface area (Å²) in [5.41, 5.74) is 7.37. The van der Waals surface area contributed by atoms with Crippen molar-refractivity contribution >= 4 is 0 Å².